The molecule has 1 aromatic carbocycles. The van der Waals surface area contributed by atoms with E-state index in [1.165, 1.54) is 0 Å². The van der Waals surface area contributed by atoms with Gasteiger partial charge in [-0.1, -0.05) is 26.8 Å². The Balaban J connectivity index is 2.82. The predicted molar refractivity (Wildman–Crippen MR) is 86.0 cm³/mol. The van der Waals surface area contributed by atoms with Crippen LogP contribution in [0, 0.1) is 0 Å². The lowest BCUT2D eigenvalue weighted by molar-refractivity contribution is 0.202. The molecule has 0 spiro atoms. The third-order valence-corrected chi connectivity index (χ3v) is 3.97. The van der Waals surface area contributed by atoms with Gasteiger partial charge in [0.1, 0.15) is 0 Å². The number of aliphatic hydroxyl groups is 1. The van der Waals surface area contributed by atoms with E-state index in [2.05, 4.69) is 20.8 Å². The van der Waals surface area contributed by atoms with Gasteiger partial charge in [-0.25, -0.2) is 0 Å². The number of thioether (sulfide) groups is 1. The first-order chi connectivity index (χ1) is 9.37. The Morgan fingerprint density at radius 3 is 2.25 bits per heavy atom. The van der Waals surface area contributed by atoms with Crippen LogP contribution in [-0.2, 0) is 0 Å². The second kappa shape index (κ2) is 7.79. The highest BCUT2D eigenvalue weighted by Crippen LogP contribution is 2.33. The van der Waals surface area contributed by atoms with Gasteiger partial charge >= 0.3 is 0 Å². The standard InChI is InChI=1S/C16H26O3S/c1-6-18-14-9-8-12(10-15(14)19-7-2)13(17)11-20-16(3,4)5/h8-10,13,17H,6-7,11H2,1-5H3. The molecular formula is C16H26O3S. The number of benzene rings is 1. The summed E-state index contributed by atoms with van der Waals surface area (Å²) in [6, 6.07) is 5.65. The Labute approximate surface area is 126 Å². The second-order valence-electron chi connectivity index (χ2n) is 5.51. The van der Waals surface area contributed by atoms with Gasteiger partial charge in [-0.2, -0.15) is 11.8 Å². The van der Waals surface area contributed by atoms with Crippen LogP contribution in [0.25, 0.3) is 0 Å². The number of hydrogen-bond acceptors (Lipinski definition) is 4. The largest absolute Gasteiger partial charge is 0.490 e. The van der Waals surface area contributed by atoms with Crippen molar-refractivity contribution in [3.8, 4) is 11.5 Å². The van der Waals surface area contributed by atoms with Crippen molar-refractivity contribution in [2.45, 2.75) is 45.5 Å². The van der Waals surface area contributed by atoms with E-state index in [4.69, 9.17) is 9.47 Å². The molecule has 1 N–H and O–H groups in total. The molecule has 0 heterocycles. The van der Waals surface area contributed by atoms with E-state index in [0.717, 1.165) is 11.3 Å². The molecule has 0 aliphatic rings. The van der Waals surface area contributed by atoms with Crippen molar-refractivity contribution >= 4 is 11.8 Å². The zero-order chi connectivity index (χ0) is 15.2. The summed E-state index contributed by atoms with van der Waals surface area (Å²) in [6.07, 6.45) is -0.492. The molecule has 0 aliphatic heterocycles. The Kier molecular flexibility index (Phi) is 6.69. The summed E-state index contributed by atoms with van der Waals surface area (Å²) < 4.78 is 11.3. The molecule has 4 heteroatoms. The number of ether oxygens (including phenoxy) is 2. The molecule has 1 atom stereocenters. The summed E-state index contributed by atoms with van der Waals surface area (Å²) in [5, 5.41) is 10.3. The van der Waals surface area contributed by atoms with E-state index in [1.807, 2.05) is 32.0 Å². The Morgan fingerprint density at radius 2 is 1.70 bits per heavy atom. The average Bonchev–Trinajstić information content (AvgIpc) is 2.37. The number of aliphatic hydroxyl groups excluding tert-OH is 1. The fourth-order valence-electron chi connectivity index (χ4n) is 1.70. The van der Waals surface area contributed by atoms with Crippen molar-refractivity contribution in [2.24, 2.45) is 0 Å². The van der Waals surface area contributed by atoms with Crippen LogP contribution in [0.3, 0.4) is 0 Å². The van der Waals surface area contributed by atoms with Crippen molar-refractivity contribution in [2.75, 3.05) is 19.0 Å². The van der Waals surface area contributed by atoms with Gasteiger partial charge in [-0.15, -0.1) is 0 Å². The van der Waals surface area contributed by atoms with Gasteiger partial charge in [-0.3, -0.25) is 0 Å². The molecule has 0 saturated carbocycles. The van der Waals surface area contributed by atoms with E-state index in [1.54, 1.807) is 11.8 Å². The van der Waals surface area contributed by atoms with Crippen LogP contribution in [0.5, 0.6) is 11.5 Å². The zero-order valence-electron chi connectivity index (χ0n) is 13.1. The highest BCUT2D eigenvalue weighted by molar-refractivity contribution is 8.00. The Bertz CT molecular complexity index is 413. The summed E-state index contributed by atoms with van der Waals surface area (Å²) in [5.41, 5.74) is 0.869. The van der Waals surface area contributed by atoms with Crippen LogP contribution in [-0.4, -0.2) is 28.8 Å². The number of hydrogen-bond donors (Lipinski definition) is 1. The van der Waals surface area contributed by atoms with Crippen LogP contribution in [0.4, 0.5) is 0 Å². The molecule has 1 aromatic rings. The maximum atomic E-state index is 10.3. The van der Waals surface area contributed by atoms with Gasteiger partial charge < -0.3 is 14.6 Å². The van der Waals surface area contributed by atoms with Gasteiger partial charge in [0.15, 0.2) is 11.5 Å². The van der Waals surface area contributed by atoms with Crippen LogP contribution >= 0.6 is 11.8 Å². The molecule has 0 aliphatic carbocycles. The molecule has 3 nitrogen and oxygen atoms in total. The molecule has 1 unspecified atom stereocenters. The molecule has 0 bridgehead atoms. The average molecular weight is 298 g/mol. The molecule has 0 amide bonds. The van der Waals surface area contributed by atoms with Gasteiger partial charge in [0.2, 0.25) is 0 Å². The molecule has 20 heavy (non-hydrogen) atoms. The maximum Gasteiger partial charge on any atom is 0.161 e. The van der Waals surface area contributed by atoms with Crippen molar-refractivity contribution in [3.05, 3.63) is 23.8 Å². The molecule has 0 fully saturated rings. The van der Waals surface area contributed by atoms with Gasteiger partial charge in [-0.05, 0) is 31.5 Å². The third-order valence-electron chi connectivity index (χ3n) is 2.63. The molecular weight excluding hydrogens is 272 g/mol. The summed E-state index contributed by atoms with van der Waals surface area (Å²) >= 11 is 1.75. The fraction of sp³-hybridized carbons (Fsp3) is 0.625. The third kappa shape index (κ3) is 5.63. The zero-order valence-corrected chi connectivity index (χ0v) is 13.9. The molecule has 0 saturated heterocycles. The predicted octanol–water partition coefficient (Wildman–Crippen LogP) is 4.05. The maximum absolute atomic E-state index is 10.3. The van der Waals surface area contributed by atoms with E-state index in [9.17, 15) is 5.11 Å². The lowest BCUT2D eigenvalue weighted by Crippen LogP contribution is -2.12. The van der Waals surface area contributed by atoms with E-state index >= 15 is 0 Å². The first-order valence-corrected chi connectivity index (χ1v) is 8.07. The summed E-state index contributed by atoms with van der Waals surface area (Å²) in [4.78, 5) is 0. The quantitative estimate of drug-likeness (QED) is 0.824. The summed E-state index contributed by atoms with van der Waals surface area (Å²) in [7, 11) is 0. The van der Waals surface area contributed by atoms with Crippen molar-refractivity contribution in [1.29, 1.82) is 0 Å². The highest BCUT2D eigenvalue weighted by Gasteiger charge is 2.17. The normalized spacial score (nSPS) is 13.1. The van der Waals surface area contributed by atoms with Crippen molar-refractivity contribution < 1.29 is 14.6 Å². The molecule has 0 radical (unpaired) electrons. The highest BCUT2D eigenvalue weighted by atomic mass is 32.2. The smallest absolute Gasteiger partial charge is 0.161 e. The van der Waals surface area contributed by atoms with E-state index < -0.39 is 6.10 Å². The minimum atomic E-state index is -0.492. The van der Waals surface area contributed by atoms with Crippen molar-refractivity contribution in [1.82, 2.24) is 0 Å². The van der Waals surface area contributed by atoms with Crippen LogP contribution in [0.1, 0.15) is 46.3 Å². The minimum Gasteiger partial charge on any atom is -0.490 e. The van der Waals surface area contributed by atoms with E-state index in [-0.39, 0.29) is 4.75 Å². The first kappa shape index (κ1) is 17.2. The monoisotopic (exact) mass is 298 g/mol. The summed E-state index contributed by atoms with van der Waals surface area (Å²) in [6.45, 7) is 11.5. The molecule has 1 rings (SSSR count). The lowest BCUT2D eigenvalue weighted by Gasteiger charge is -2.21. The number of rotatable bonds is 7. The van der Waals surface area contributed by atoms with Crippen LogP contribution in [0.2, 0.25) is 0 Å². The van der Waals surface area contributed by atoms with Gasteiger partial charge in [0.05, 0.1) is 19.3 Å². The van der Waals surface area contributed by atoms with Gasteiger partial charge in [0, 0.05) is 10.5 Å². The topological polar surface area (TPSA) is 38.7 Å². The van der Waals surface area contributed by atoms with Crippen LogP contribution in [0.15, 0.2) is 18.2 Å². The Hall–Kier alpha value is -0.870. The van der Waals surface area contributed by atoms with Gasteiger partial charge in [0.25, 0.3) is 0 Å². The van der Waals surface area contributed by atoms with Crippen molar-refractivity contribution in [3.63, 3.8) is 0 Å². The lowest BCUT2D eigenvalue weighted by atomic mass is 10.1. The molecule has 0 aromatic heterocycles. The molecule has 114 valence electrons. The van der Waals surface area contributed by atoms with Crippen LogP contribution < -0.4 is 9.47 Å². The van der Waals surface area contributed by atoms with E-state index in [0.29, 0.717) is 24.7 Å². The fourth-order valence-corrected chi connectivity index (χ4v) is 2.55. The second-order valence-corrected chi connectivity index (χ2v) is 7.36. The SMILES string of the molecule is CCOc1ccc(C(O)CSC(C)(C)C)cc1OCC. The summed E-state index contributed by atoms with van der Waals surface area (Å²) in [5.74, 6) is 2.10. The minimum absolute atomic E-state index is 0.148. The Morgan fingerprint density at radius 1 is 1.10 bits per heavy atom. The first-order valence-electron chi connectivity index (χ1n) is 7.09.